The van der Waals surface area contributed by atoms with Crippen LogP contribution in [0.15, 0.2) is 36.4 Å². The van der Waals surface area contributed by atoms with Crippen LogP contribution in [0.3, 0.4) is 0 Å². The monoisotopic (exact) mass is 309 g/mol. The largest absolute Gasteiger partial charge is 0.310 e. The highest BCUT2D eigenvalue weighted by atomic mass is 35.5. The molecule has 1 nitrogen and oxygen atoms in total. The maximum atomic E-state index is 13.9. The van der Waals surface area contributed by atoms with Crippen LogP contribution in [0.5, 0.6) is 0 Å². The number of benzene rings is 2. The van der Waals surface area contributed by atoms with Gasteiger partial charge in [-0.05, 0) is 49.2 Å². The van der Waals surface area contributed by atoms with Gasteiger partial charge in [0.2, 0.25) is 0 Å². The van der Waals surface area contributed by atoms with Crippen LogP contribution >= 0.6 is 11.6 Å². The molecule has 4 heteroatoms. The lowest BCUT2D eigenvalue weighted by molar-refractivity contribution is 0.526. The molecule has 0 heterocycles. The molecule has 0 amide bonds. The first-order chi connectivity index (χ1) is 10.0. The van der Waals surface area contributed by atoms with Crippen LogP contribution in [0.25, 0.3) is 0 Å². The lowest BCUT2D eigenvalue weighted by Crippen LogP contribution is -2.23. The normalized spacial score (nSPS) is 12.4. The Labute approximate surface area is 128 Å². The molecule has 0 radical (unpaired) electrons. The van der Waals surface area contributed by atoms with Crippen LogP contribution < -0.4 is 5.32 Å². The Kier molecular flexibility index (Phi) is 5.32. The van der Waals surface area contributed by atoms with Gasteiger partial charge in [0.15, 0.2) is 0 Å². The lowest BCUT2D eigenvalue weighted by atomic mass is 9.97. The molecular formula is C17H18ClF2N. The molecule has 0 saturated heterocycles. The van der Waals surface area contributed by atoms with Crippen molar-refractivity contribution in [1.82, 2.24) is 5.32 Å². The van der Waals surface area contributed by atoms with Gasteiger partial charge in [0.05, 0.1) is 0 Å². The van der Waals surface area contributed by atoms with Crippen molar-refractivity contribution in [3.63, 3.8) is 0 Å². The predicted molar refractivity (Wildman–Crippen MR) is 82.7 cm³/mol. The molecule has 2 aromatic carbocycles. The van der Waals surface area contributed by atoms with E-state index < -0.39 is 0 Å². The molecule has 0 aliphatic heterocycles. The van der Waals surface area contributed by atoms with Crippen LogP contribution in [-0.2, 0) is 6.42 Å². The maximum absolute atomic E-state index is 13.9. The highest BCUT2D eigenvalue weighted by Gasteiger charge is 2.16. The summed E-state index contributed by atoms with van der Waals surface area (Å²) in [4.78, 5) is 0. The number of hydrogen-bond donors (Lipinski definition) is 1. The highest BCUT2D eigenvalue weighted by molar-refractivity contribution is 6.31. The van der Waals surface area contributed by atoms with Gasteiger partial charge in [0.1, 0.15) is 11.6 Å². The number of aryl methyl sites for hydroxylation is 1. The van der Waals surface area contributed by atoms with Crippen molar-refractivity contribution in [1.29, 1.82) is 0 Å². The molecule has 0 bridgehead atoms. The number of nitrogens with one attached hydrogen (secondary N) is 1. The van der Waals surface area contributed by atoms with E-state index in [2.05, 4.69) is 5.32 Å². The van der Waals surface area contributed by atoms with Gasteiger partial charge in [0.25, 0.3) is 0 Å². The Hall–Kier alpha value is -1.45. The molecule has 1 N–H and O–H groups in total. The smallest absolute Gasteiger partial charge is 0.127 e. The molecule has 0 aliphatic rings. The first-order valence-corrected chi connectivity index (χ1v) is 7.33. The van der Waals surface area contributed by atoms with E-state index in [-0.39, 0.29) is 17.7 Å². The van der Waals surface area contributed by atoms with Crippen LogP contribution in [0.4, 0.5) is 8.78 Å². The summed E-state index contributed by atoms with van der Waals surface area (Å²) in [5, 5.41) is 3.71. The minimum atomic E-state index is -0.316. The zero-order valence-electron chi connectivity index (χ0n) is 12.1. The first kappa shape index (κ1) is 15.9. The predicted octanol–water partition coefficient (Wildman–Crippen LogP) is 4.82. The molecule has 0 aliphatic carbocycles. The topological polar surface area (TPSA) is 12.0 Å². The summed E-state index contributed by atoms with van der Waals surface area (Å²) in [5.41, 5.74) is 1.98. The maximum Gasteiger partial charge on any atom is 0.127 e. The summed E-state index contributed by atoms with van der Waals surface area (Å²) < 4.78 is 27.3. The average molecular weight is 310 g/mol. The Morgan fingerprint density at radius 3 is 2.52 bits per heavy atom. The Balaban J connectivity index is 2.33. The second-order valence-electron chi connectivity index (χ2n) is 5.02. The van der Waals surface area contributed by atoms with E-state index in [0.717, 1.165) is 12.1 Å². The van der Waals surface area contributed by atoms with Crippen LogP contribution in [0.2, 0.25) is 5.02 Å². The van der Waals surface area contributed by atoms with E-state index in [0.29, 0.717) is 22.6 Å². The van der Waals surface area contributed by atoms with Gasteiger partial charge in [-0.1, -0.05) is 36.7 Å². The van der Waals surface area contributed by atoms with Crippen LogP contribution in [0, 0.1) is 18.6 Å². The Bertz CT molecular complexity index is 608. The van der Waals surface area contributed by atoms with E-state index in [4.69, 9.17) is 11.6 Å². The number of likely N-dealkylation sites (N-methyl/N-ethyl adjacent to an activating group) is 1. The fraction of sp³-hybridized carbons (Fsp3) is 0.294. The van der Waals surface area contributed by atoms with Crippen molar-refractivity contribution in [3.05, 3.63) is 69.7 Å². The van der Waals surface area contributed by atoms with Crippen molar-refractivity contribution in [2.75, 3.05) is 6.54 Å². The van der Waals surface area contributed by atoms with Gasteiger partial charge >= 0.3 is 0 Å². The standard InChI is InChI=1S/C17H18ClF2N/c1-3-21-17(12-7-8-15(19)11(2)9-12)10-13-14(18)5-4-6-16(13)20/h4-9,17,21H,3,10H2,1-2H3. The molecule has 2 aromatic rings. The lowest BCUT2D eigenvalue weighted by Gasteiger charge is -2.20. The fourth-order valence-electron chi connectivity index (χ4n) is 2.37. The molecule has 2 rings (SSSR count). The van der Waals surface area contributed by atoms with Gasteiger partial charge < -0.3 is 5.32 Å². The third-order valence-electron chi connectivity index (χ3n) is 3.50. The quantitative estimate of drug-likeness (QED) is 0.835. The van der Waals surface area contributed by atoms with E-state index in [1.54, 1.807) is 31.2 Å². The van der Waals surface area contributed by atoms with Crippen molar-refractivity contribution in [2.24, 2.45) is 0 Å². The van der Waals surface area contributed by atoms with Gasteiger partial charge in [-0.25, -0.2) is 8.78 Å². The minimum absolute atomic E-state index is 0.108. The zero-order valence-corrected chi connectivity index (χ0v) is 12.8. The average Bonchev–Trinajstić information content (AvgIpc) is 2.45. The van der Waals surface area contributed by atoms with Crippen LogP contribution in [-0.4, -0.2) is 6.54 Å². The second kappa shape index (κ2) is 7.01. The summed E-state index contributed by atoms with van der Waals surface area (Å²) in [5.74, 6) is -0.554. The van der Waals surface area contributed by atoms with Gasteiger partial charge in [-0.2, -0.15) is 0 Å². The molecule has 1 unspecified atom stereocenters. The summed E-state index contributed by atoms with van der Waals surface area (Å²) in [6.07, 6.45) is 0.421. The SMILES string of the molecule is CCNC(Cc1c(F)cccc1Cl)c1ccc(F)c(C)c1. The van der Waals surface area contributed by atoms with Crippen molar-refractivity contribution < 1.29 is 8.78 Å². The zero-order chi connectivity index (χ0) is 15.4. The van der Waals surface area contributed by atoms with Crippen molar-refractivity contribution in [3.8, 4) is 0 Å². The molecule has 112 valence electrons. The third kappa shape index (κ3) is 3.80. The summed E-state index contributed by atoms with van der Waals surface area (Å²) in [7, 11) is 0. The minimum Gasteiger partial charge on any atom is -0.310 e. The molecule has 0 spiro atoms. The van der Waals surface area contributed by atoms with E-state index in [1.165, 1.54) is 12.1 Å². The second-order valence-corrected chi connectivity index (χ2v) is 5.43. The Morgan fingerprint density at radius 1 is 1.14 bits per heavy atom. The van der Waals surface area contributed by atoms with E-state index in [1.807, 2.05) is 6.92 Å². The summed E-state index contributed by atoms with van der Waals surface area (Å²) >= 11 is 6.09. The molecule has 1 atom stereocenters. The van der Waals surface area contributed by atoms with E-state index in [9.17, 15) is 8.78 Å². The van der Waals surface area contributed by atoms with Crippen molar-refractivity contribution >= 4 is 11.6 Å². The Morgan fingerprint density at radius 2 is 1.90 bits per heavy atom. The van der Waals surface area contributed by atoms with Gasteiger partial charge in [0, 0.05) is 16.6 Å². The third-order valence-corrected chi connectivity index (χ3v) is 3.86. The van der Waals surface area contributed by atoms with E-state index >= 15 is 0 Å². The fourth-order valence-corrected chi connectivity index (χ4v) is 2.61. The van der Waals surface area contributed by atoms with Crippen molar-refractivity contribution in [2.45, 2.75) is 26.3 Å². The number of rotatable bonds is 5. The molecule has 0 fully saturated rings. The summed E-state index contributed by atoms with van der Waals surface area (Å²) in [6, 6.07) is 9.52. The highest BCUT2D eigenvalue weighted by Crippen LogP contribution is 2.26. The van der Waals surface area contributed by atoms with Gasteiger partial charge in [-0.3, -0.25) is 0 Å². The molecule has 21 heavy (non-hydrogen) atoms. The molecular weight excluding hydrogens is 292 g/mol. The van der Waals surface area contributed by atoms with Gasteiger partial charge in [-0.15, -0.1) is 0 Å². The number of halogens is 3. The molecule has 0 saturated carbocycles. The number of hydrogen-bond acceptors (Lipinski definition) is 1. The molecule has 0 aromatic heterocycles. The summed E-state index contributed by atoms with van der Waals surface area (Å²) in [6.45, 7) is 4.43. The first-order valence-electron chi connectivity index (χ1n) is 6.95. The van der Waals surface area contributed by atoms with Crippen LogP contribution in [0.1, 0.15) is 29.7 Å².